The lowest BCUT2D eigenvalue weighted by atomic mass is 10.3. The van der Waals surface area contributed by atoms with Crippen LogP contribution in [0.15, 0.2) is 54.6 Å². The van der Waals surface area contributed by atoms with Crippen LogP contribution in [0.2, 0.25) is 5.02 Å². The maximum atomic E-state index is 12.1. The Morgan fingerprint density at radius 3 is 2.26 bits per heavy atom. The van der Waals surface area contributed by atoms with Crippen LogP contribution >= 0.6 is 23.4 Å². The molecule has 2 aromatic rings. The van der Waals surface area contributed by atoms with Crippen molar-refractivity contribution in [1.82, 2.24) is 0 Å². The van der Waals surface area contributed by atoms with Gasteiger partial charge >= 0.3 is 0 Å². The van der Waals surface area contributed by atoms with Crippen molar-refractivity contribution < 1.29 is 9.59 Å². The van der Waals surface area contributed by atoms with Gasteiger partial charge in [0.1, 0.15) is 0 Å². The van der Waals surface area contributed by atoms with E-state index in [-0.39, 0.29) is 22.8 Å². The number of carbonyl (C=O) groups is 2. The Bertz CT molecular complexity index is 662. The van der Waals surface area contributed by atoms with Gasteiger partial charge in [-0.1, -0.05) is 29.8 Å². The Hall–Kier alpha value is -1.98. The molecule has 2 amide bonds. The first kappa shape index (κ1) is 17.4. The number of halogens is 1. The molecule has 0 aliphatic carbocycles. The minimum Gasteiger partial charge on any atom is -0.325 e. The molecule has 0 saturated carbocycles. The van der Waals surface area contributed by atoms with Crippen molar-refractivity contribution >= 4 is 46.6 Å². The van der Waals surface area contributed by atoms with Gasteiger partial charge < -0.3 is 10.6 Å². The molecule has 0 aliphatic rings. The van der Waals surface area contributed by atoms with Crippen molar-refractivity contribution in [3.8, 4) is 0 Å². The topological polar surface area (TPSA) is 58.2 Å². The molecule has 120 valence electrons. The zero-order valence-corrected chi connectivity index (χ0v) is 14.2. The van der Waals surface area contributed by atoms with Gasteiger partial charge in [-0.25, -0.2) is 0 Å². The van der Waals surface area contributed by atoms with Crippen LogP contribution in [-0.2, 0) is 9.59 Å². The summed E-state index contributed by atoms with van der Waals surface area (Å²) in [6.07, 6.45) is 0. The number of benzene rings is 2. The first-order chi connectivity index (χ1) is 11.0. The summed E-state index contributed by atoms with van der Waals surface area (Å²) in [5.74, 6) is -0.0680. The van der Waals surface area contributed by atoms with Gasteiger partial charge in [0, 0.05) is 16.4 Å². The predicted octanol–water partition coefficient (Wildman–Crippen LogP) is 4.04. The summed E-state index contributed by atoms with van der Waals surface area (Å²) in [7, 11) is 0. The van der Waals surface area contributed by atoms with Crippen molar-refractivity contribution in [3.05, 3.63) is 59.6 Å². The van der Waals surface area contributed by atoms with E-state index in [1.165, 1.54) is 11.8 Å². The van der Waals surface area contributed by atoms with E-state index in [2.05, 4.69) is 10.6 Å². The summed E-state index contributed by atoms with van der Waals surface area (Å²) in [6.45, 7) is 1.77. The van der Waals surface area contributed by atoms with Gasteiger partial charge in [0.2, 0.25) is 11.8 Å². The van der Waals surface area contributed by atoms with Crippen LogP contribution in [0.25, 0.3) is 0 Å². The summed E-state index contributed by atoms with van der Waals surface area (Å²) in [6, 6.07) is 16.1. The van der Waals surface area contributed by atoms with Crippen LogP contribution < -0.4 is 10.6 Å². The van der Waals surface area contributed by atoms with E-state index >= 15 is 0 Å². The van der Waals surface area contributed by atoms with Crippen molar-refractivity contribution in [2.24, 2.45) is 0 Å². The number of carbonyl (C=O) groups excluding carboxylic acids is 2. The highest BCUT2D eigenvalue weighted by Crippen LogP contribution is 2.17. The second-order valence-electron chi connectivity index (χ2n) is 4.86. The number of hydrogen-bond donors (Lipinski definition) is 2. The quantitative estimate of drug-likeness (QED) is 0.828. The second kappa shape index (κ2) is 8.60. The van der Waals surface area contributed by atoms with E-state index < -0.39 is 0 Å². The van der Waals surface area contributed by atoms with Gasteiger partial charge in [-0.05, 0) is 43.3 Å². The minimum atomic E-state index is -0.341. The van der Waals surface area contributed by atoms with E-state index in [1.54, 1.807) is 31.2 Å². The number of anilines is 2. The van der Waals surface area contributed by atoms with Gasteiger partial charge in [0.15, 0.2) is 0 Å². The number of thioether (sulfide) groups is 1. The van der Waals surface area contributed by atoms with E-state index in [4.69, 9.17) is 11.6 Å². The van der Waals surface area contributed by atoms with Crippen molar-refractivity contribution in [2.45, 2.75) is 12.2 Å². The Morgan fingerprint density at radius 2 is 1.61 bits per heavy atom. The first-order valence-electron chi connectivity index (χ1n) is 7.07. The largest absolute Gasteiger partial charge is 0.325 e. The number of nitrogens with one attached hydrogen (secondary N) is 2. The normalized spacial score (nSPS) is 11.6. The fourth-order valence-electron chi connectivity index (χ4n) is 1.77. The monoisotopic (exact) mass is 348 g/mol. The number of amides is 2. The molecule has 2 N–H and O–H groups in total. The van der Waals surface area contributed by atoms with E-state index in [1.807, 2.05) is 30.3 Å². The molecular formula is C17H17ClN2O2S. The lowest BCUT2D eigenvalue weighted by molar-refractivity contribution is -0.115. The molecule has 6 heteroatoms. The highest BCUT2D eigenvalue weighted by molar-refractivity contribution is 8.01. The van der Waals surface area contributed by atoms with Gasteiger partial charge in [0.25, 0.3) is 0 Å². The molecule has 0 radical (unpaired) electrons. The molecule has 1 unspecified atom stereocenters. The standard InChI is InChI=1S/C17H17ClN2O2S/c1-12(17(22)20-15-9-7-13(18)8-10-15)23-11-16(21)19-14-5-3-2-4-6-14/h2-10,12H,11H2,1H3,(H,19,21)(H,20,22). The molecular weight excluding hydrogens is 332 g/mol. The molecule has 2 rings (SSSR count). The van der Waals surface area contributed by atoms with Crippen LogP contribution in [0.3, 0.4) is 0 Å². The molecule has 0 spiro atoms. The fourth-order valence-corrected chi connectivity index (χ4v) is 2.58. The highest BCUT2D eigenvalue weighted by atomic mass is 35.5. The molecule has 0 aliphatic heterocycles. The van der Waals surface area contributed by atoms with Crippen LogP contribution in [0.5, 0.6) is 0 Å². The highest BCUT2D eigenvalue weighted by Gasteiger charge is 2.15. The molecule has 4 nitrogen and oxygen atoms in total. The maximum absolute atomic E-state index is 12.1. The van der Waals surface area contributed by atoms with Crippen molar-refractivity contribution in [1.29, 1.82) is 0 Å². The summed E-state index contributed by atoms with van der Waals surface area (Å²) in [5.41, 5.74) is 1.43. The van der Waals surface area contributed by atoms with Gasteiger partial charge in [-0.3, -0.25) is 9.59 Å². The Labute approximate surface area is 144 Å². The lowest BCUT2D eigenvalue weighted by Crippen LogP contribution is -2.25. The van der Waals surface area contributed by atoms with Gasteiger partial charge in [0.05, 0.1) is 11.0 Å². The van der Waals surface area contributed by atoms with E-state index in [9.17, 15) is 9.59 Å². The molecule has 23 heavy (non-hydrogen) atoms. The summed E-state index contributed by atoms with van der Waals surface area (Å²) in [5, 5.41) is 5.85. The van der Waals surface area contributed by atoms with Crippen LogP contribution in [0.4, 0.5) is 11.4 Å². The summed E-state index contributed by atoms with van der Waals surface area (Å²) < 4.78 is 0. The maximum Gasteiger partial charge on any atom is 0.237 e. The van der Waals surface area contributed by atoms with Crippen LogP contribution in [0, 0.1) is 0 Å². The first-order valence-corrected chi connectivity index (χ1v) is 8.50. The molecule has 2 aromatic carbocycles. The molecule has 0 saturated heterocycles. The molecule has 0 bridgehead atoms. The smallest absolute Gasteiger partial charge is 0.237 e. The van der Waals surface area contributed by atoms with Crippen LogP contribution in [-0.4, -0.2) is 22.8 Å². The fraction of sp³-hybridized carbons (Fsp3) is 0.176. The molecule has 1 atom stereocenters. The number of hydrogen-bond acceptors (Lipinski definition) is 3. The Balaban J connectivity index is 1.77. The third kappa shape index (κ3) is 5.96. The summed E-state index contributed by atoms with van der Waals surface area (Å²) >= 11 is 7.08. The van der Waals surface area contributed by atoms with E-state index in [0.717, 1.165) is 5.69 Å². The number of para-hydroxylation sites is 1. The zero-order valence-electron chi connectivity index (χ0n) is 12.6. The third-order valence-electron chi connectivity index (χ3n) is 3.00. The minimum absolute atomic E-state index is 0.132. The van der Waals surface area contributed by atoms with Crippen molar-refractivity contribution in [3.63, 3.8) is 0 Å². The Kier molecular flexibility index (Phi) is 6.50. The average molecular weight is 349 g/mol. The summed E-state index contributed by atoms with van der Waals surface area (Å²) in [4.78, 5) is 23.9. The average Bonchev–Trinajstić information content (AvgIpc) is 2.55. The molecule has 0 aromatic heterocycles. The predicted molar refractivity (Wildman–Crippen MR) is 97.1 cm³/mol. The van der Waals surface area contributed by atoms with Crippen molar-refractivity contribution in [2.75, 3.05) is 16.4 Å². The number of rotatable bonds is 6. The van der Waals surface area contributed by atoms with Gasteiger partial charge in [-0.15, -0.1) is 11.8 Å². The third-order valence-corrected chi connectivity index (χ3v) is 4.40. The lowest BCUT2D eigenvalue weighted by Gasteiger charge is -2.12. The second-order valence-corrected chi connectivity index (χ2v) is 6.63. The Morgan fingerprint density at radius 1 is 1.00 bits per heavy atom. The zero-order chi connectivity index (χ0) is 16.7. The van der Waals surface area contributed by atoms with E-state index in [0.29, 0.717) is 10.7 Å². The molecule has 0 fully saturated rings. The van der Waals surface area contributed by atoms with Crippen LogP contribution in [0.1, 0.15) is 6.92 Å². The SMILES string of the molecule is CC(SCC(=O)Nc1ccccc1)C(=O)Nc1ccc(Cl)cc1. The molecule has 0 heterocycles. The van der Waals surface area contributed by atoms with Gasteiger partial charge in [-0.2, -0.15) is 0 Å².